The molecule has 0 aliphatic carbocycles. The molecular formula is C18H16N2O2. The van der Waals surface area contributed by atoms with E-state index in [0.29, 0.717) is 11.6 Å². The molecule has 4 heteroatoms. The molecule has 0 aliphatic rings. The SMILES string of the molecule is Cc1ccc(-c2nc(C=Nc3cccc(C)c3)c(O)o2)cc1. The van der Waals surface area contributed by atoms with Crippen LogP contribution >= 0.6 is 0 Å². The van der Waals surface area contributed by atoms with E-state index in [1.807, 2.05) is 62.4 Å². The molecule has 22 heavy (non-hydrogen) atoms. The van der Waals surface area contributed by atoms with Crippen LogP contribution in [0.25, 0.3) is 11.5 Å². The number of hydrogen-bond donors (Lipinski definition) is 1. The van der Waals surface area contributed by atoms with Gasteiger partial charge in [-0.15, -0.1) is 0 Å². The molecule has 0 atom stereocenters. The van der Waals surface area contributed by atoms with Crippen molar-refractivity contribution in [2.75, 3.05) is 0 Å². The van der Waals surface area contributed by atoms with Crippen LogP contribution in [-0.2, 0) is 0 Å². The highest BCUT2D eigenvalue weighted by Gasteiger charge is 2.12. The number of aromatic nitrogens is 1. The minimum atomic E-state index is -0.230. The fraction of sp³-hybridized carbons (Fsp3) is 0.111. The van der Waals surface area contributed by atoms with E-state index in [1.165, 1.54) is 6.21 Å². The molecule has 0 amide bonds. The highest BCUT2D eigenvalue weighted by atomic mass is 16.5. The highest BCUT2D eigenvalue weighted by Crippen LogP contribution is 2.26. The summed E-state index contributed by atoms with van der Waals surface area (Å²) >= 11 is 0. The monoisotopic (exact) mass is 292 g/mol. The Labute approximate surface area is 128 Å². The first-order valence-corrected chi connectivity index (χ1v) is 6.99. The van der Waals surface area contributed by atoms with E-state index in [-0.39, 0.29) is 5.95 Å². The van der Waals surface area contributed by atoms with E-state index in [2.05, 4.69) is 9.98 Å². The second-order valence-electron chi connectivity index (χ2n) is 5.17. The Morgan fingerprint density at radius 2 is 1.82 bits per heavy atom. The predicted octanol–water partition coefficient (Wildman–Crippen LogP) is 4.41. The number of rotatable bonds is 3. The molecular weight excluding hydrogens is 276 g/mol. The van der Waals surface area contributed by atoms with Gasteiger partial charge >= 0.3 is 5.95 Å². The summed E-state index contributed by atoms with van der Waals surface area (Å²) in [5.74, 6) is 0.148. The first kappa shape index (κ1) is 14.1. The zero-order valence-electron chi connectivity index (χ0n) is 12.4. The van der Waals surface area contributed by atoms with E-state index in [9.17, 15) is 5.11 Å². The second-order valence-corrected chi connectivity index (χ2v) is 5.17. The van der Waals surface area contributed by atoms with Gasteiger partial charge in [0.2, 0.25) is 5.89 Å². The largest absolute Gasteiger partial charge is 0.479 e. The Morgan fingerprint density at radius 3 is 2.55 bits per heavy atom. The number of hydrogen-bond acceptors (Lipinski definition) is 4. The molecule has 0 bridgehead atoms. The van der Waals surface area contributed by atoms with Gasteiger partial charge in [-0.25, -0.2) is 4.98 Å². The third-order valence-corrected chi connectivity index (χ3v) is 3.27. The van der Waals surface area contributed by atoms with E-state index >= 15 is 0 Å². The molecule has 2 aromatic carbocycles. The highest BCUT2D eigenvalue weighted by molar-refractivity contribution is 5.82. The number of oxazole rings is 1. The van der Waals surface area contributed by atoms with Crippen LogP contribution in [0.3, 0.4) is 0 Å². The van der Waals surface area contributed by atoms with Gasteiger partial charge in [0.05, 0.1) is 11.9 Å². The van der Waals surface area contributed by atoms with Crippen LogP contribution in [0.4, 0.5) is 5.69 Å². The summed E-state index contributed by atoms with van der Waals surface area (Å²) in [6.07, 6.45) is 1.51. The molecule has 0 saturated heterocycles. The average Bonchev–Trinajstić information content (AvgIpc) is 2.87. The van der Waals surface area contributed by atoms with Crippen molar-refractivity contribution in [1.82, 2.24) is 4.98 Å². The third kappa shape index (κ3) is 3.06. The molecule has 0 spiro atoms. The van der Waals surface area contributed by atoms with Gasteiger partial charge in [-0.3, -0.25) is 4.99 Å². The Balaban J connectivity index is 1.88. The smallest absolute Gasteiger partial charge is 0.312 e. The number of aryl methyl sites for hydroxylation is 2. The molecule has 1 N–H and O–H groups in total. The molecule has 0 unspecified atom stereocenters. The quantitative estimate of drug-likeness (QED) is 0.727. The van der Waals surface area contributed by atoms with Crippen LogP contribution in [0.1, 0.15) is 16.8 Å². The van der Waals surface area contributed by atoms with Crippen LogP contribution < -0.4 is 0 Å². The van der Waals surface area contributed by atoms with Gasteiger partial charge in [-0.1, -0.05) is 29.8 Å². The molecule has 3 rings (SSSR count). The molecule has 0 saturated carbocycles. The fourth-order valence-electron chi connectivity index (χ4n) is 2.07. The van der Waals surface area contributed by atoms with Crippen LogP contribution in [-0.4, -0.2) is 16.3 Å². The minimum Gasteiger partial charge on any atom is -0.479 e. The maximum atomic E-state index is 9.86. The predicted molar refractivity (Wildman–Crippen MR) is 86.8 cm³/mol. The van der Waals surface area contributed by atoms with Gasteiger partial charge in [0.15, 0.2) is 5.69 Å². The molecule has 3 aromatic rings. The molecule has 4 nitrogen and oxygen atoms in total. The van der Waals surface area contributed by atoms with Crippen molar-refractivity contribution in [2.45, 2.75) is 13.8 Å². The van der Waals surface area contributed by atoms with Crippen molar-refractivity contribution in [3.8, 4) is 17.4 Å². The van der Waals surface area contributed by atoms with E-state index in [4.69, 9.17) is 4.42 Å². The van der Waals surface area contributed by atoms with Crippen molar-refractivity contribution in [1.29, 1.82) is 0 Å². The van der Waals surface area contributed by atoms with E-state index < -0.39 is 0 Å². The lowest BCUT2D eigenvalue weighted by Gasteiger charge is -1.95. The fourth-order valence-corrected chi connectivity index (χ4v) is 2.07. The summed E-state index contributed by atoms with van der Waals surface area (Å²) in [5.41, 5.74) is 4.22. The Morgan fingerprint density at radius 1 is 1.05 bits per heavy atom. The van der Waals surface area contributed by atoms with Crippen LogP contribution in [0.5, 0.6) is 5.95 Å². The standard InChI is InChI=1S/C18H16N2O2/c1-12-6-8-14(9-7-12)17-20-16(18(21)22-17)11-19-15-5-3-4-13(2)10-15/h3-11,21H,1-2H3. The second kappa shape index (κ2) is 5.85. The van der Waals surface area contributed by atoms with Gasteiger partial charge < -0.3 is 9.52 Å². The van der Waals surface area contributed by atoms with Crippen molar-refractivity contribution >= 4 is 11.9 Å². The van der Waals surface area contributed by atoms with Crippen LogP contribution in [0, 0.1) is 13.8 Å². The lowest BCUT2D eigenvalue weighted by molar-refractivity contribution is 0.337. The number of benzene rings is 2. The van der Waals surface area contributed by atoms with E-state index in [0.717, 1.165) is 22.4 Å². The first-order chi connectivity index (χ1) is 10.6. The maximum absolute atomic E-state index is 9.86. The van der Waals surface area contributed by atoms with Crippen molar-refractivity contribution in [3.05, 3.63) is 65.4 Å². The summed E-state index contributed by atoms with van der Waals surface area (Å²) in [7, 11) is 0. The van der Waals surface area contributed by atoms with Crippen molar-refractivity contribution in [3.63, 3.8) is 0 Å². The van der Waals surface area contributed by atoms with Gasteiger partial charge in [-0.05, 0) is 43.7 Å². The van der Waals surface area contributed by atoms with Crippen LogP contribution in [0.2, 0.25) is 0 Å². The molecule has 110 valence electrons. The van der Waals surface area contributed by atoms with Gasteiger partial charge in [0, 0.05) is 5.56 Å². The maximum Gasteiger partial charge on any atom is 0.312 e. The molecule has 1 heterocycles. The summed E-state index contributed by atoms with van der Waals surface area (Å²) < 4.78 is 5.31. The minimum absolute atomic E-state index is 0.230. The Kier molecular flexibility index (Phi) is 3.74. The average molecular weight is 292 g/mol. The number of aliphatic imine (C=N–C) groups is 1. The summed E-state index contributed by atoms with van der Waals surface area (Å²) in [4.78, 5) is 8.59. The lowest BCUT2D eigenvalue weighted by atomic mass is 10.1. The molecule has 1 aromatic heterocycles. The van der Waals surface area contributed by atoms with Crippen molar-refractivity contribution < 1.29 is 9.52 Å². The summed E-state index contributed by atoms with van der Waals surface area (Å²) in [6.45, 7) is 4.01. The van der Waals surface area contributed by atoms with Crippen LogP contribution in [0.15, 0.2) is 57.9 Å². The topological polar surface area (TPSA) is 58.6 Å². The lowest BCUT2D eigenvalue weighted by Crippen LogP contribution is -1.83. The Hall–Kier alpha value is -2.88. The molecule has 0 aliphatic heterocycles. The number of nitrogens with zero attached hydrogens (tertiary/aromatic N) is 2. The molecule has 0 fully saturated rings. The summed E-state index contributed by atoms with van der Waals surface area (Å²) in [5, 5.41) is 9.86. The zero-order chi connectivity index (χ0) is 15.5. The van der Waals surface area contributed by atoms with Gasteiger partial charge in [-0.2, -0.15) is 0 Å². The van der Waals surface area contributed by atoms with E-state index in [1.54, 1.807) is 0 Å². The third-order valence-electron chi connectivity index (χ3n) is 3.27. The van der Waals surface area contributed by atoms with Gasteiger partial charge in [0.25, 0.3) is 0 Å². The first-order valence-electron chi connectivity index (χ1n) is 6.99. The molecule has 0 radical (unpaired) electrons. The summed E-state index contributed by atoms with van der Waals surface area (Å²) in [6, 6.07) is 15.5. The zero-order valence-corrected chi connectivity index (χ0v) is 12.4. The normalized spacial score (nSPS) is 11.2. The Bertz CT molecular complexity index is 817. The van der Waals surface area contributed by atoms with Gasteiger partial charge in [0.1, 0.15) is 0 Å². The van der Waals surface area contributed by atoms with Crippen molar-refractivity contribution in [2.24, 2.45) is 4.99 Å². The number of aromatic hydroxyl groups is 1.